The molecule has 1 aliphatic rings. The summed E-state index contributed by atoms with van der Waals surface area (Å²) in [6, 6.07) is 7.81. The highest BCUT2D eigenvalue weighted by Gasteiger charge is 2.21. The first-order chi connectivity index (χ1) is 15.6. The lowest BCUT2D eigenvalue weighted by Crippen LogP contribution is -2.48. The minimum absolute atomic E-state index is 0.0837. The van der Waals surface area contributed by atoms with E-state index in [0.29, 0.717) is 0 Å². The zero-order valence-corrected chi connectivity index (χ0v) is 19.3. The van der Waals surface area contributed by atoms with Gasteiger partial charge in [-0.15, -0.1) is 0 Å². The average molecular weight is 436 g/mol. The SMILES string of the molecule is CCN(CC)CCN1CCN(c2ncc(-c3cccc(NC(C)=O)c3)n3ccnc23)CC1. The topological polar surface area (TPSA) is 69.0 Å². The molecule has 32 heavy (non-hydrogen) atoms. The molecule has 0 unspecified atom stereocenters. The van der Waals surface area contributed by atoms with Gasteiger partial charge in [0, 0.05) is 69.8 Å². The van der Waals surface area contributed by atoms with Gasteiger partial charge in [0.05, 0.1) is 11.9 Å². The number of fused-ring (bicyclic) bond motifs is 1. The molecule has 8 heteroatoms. The number of piperazine rings is 1. The van der Waals surface area contributed by atoms with E-state index in [2.05, 4.69) is 43.2 Å². The molecule has 0 saturated carbocycles. The fourth-order valence-corrected chi connectivity index (χ4v) is 4.31. The Labute approximate surface area is 189 Å². The number of anilines is 2. The predicted molar refractivity (Wildman–Crippen MR) is 129 cm³/mol. The third kappa shape index (κ3) is 4.92. The zero-order chi connectivity index (χ0) is 22.5. The lowest BCUT2D eigenvalue weighted by molar-refractivity contribution is -0.114. The predicted octanol–water partition coefficient (Wildman–Crippen LogP) is 2.82. The maximum absolute atomic E-state index is 11.4. The van der Waals surface area contributed by atoms with Gasteiger partial charge in [0.15, 0.2) is 11.5 Å². The van der Waals surface area contributed by atoms with E-state index < -0.39 is 0 Å². The van der Waals surface area contributed by atoms with Crippen LogP contribution in [0.15, 0.2) is 42.9 Å². The number of hydrogen-bond donors (Lipinski definition) is 1. The highest BCUT2D eigenvalue weighted by atomic mass is 16.1. The molecule has 4 rings (SSSR count). The van der Waals surface area contributed by atoms with Gasteiger partial charge >= 0.3 is 0 Å². The summed E-state index contributed by atoms with van der Waals surface area (Å²) in [5.41, 5.74) is 3.57. The van der Waals surface area contributed by atoms with E-state index in [9.17, 15) is 4.79 Å². The van der Waals surface area contributed by atoms with Crippen molar-refractivity contribution in [3.63, 3.8) is 0 Å². The standard InChI is InChI=1S/C24H33N7O/c1-4-28(5-2)11-12-29-13-15-30(16-14-29)23-24-25-9-10-31(24)22(18-26-23)20-7-6-8-21(17-20)27-19(3)32/h6-10,17-18H,4-5,11-16H2,1-3H3,(H,27,32). The van der Waals surface area contributed by atoms with Crippen molar-refractivity contribution in [2.45, 2.75) is 20.8 Å². The maximum Gasteiger partial charge on any atom is 0.221 e. The van der Waals surface area contributed by atoms with Gasteiger partial charge in [-0.2, -0.15) is 0 Å². The van der Waals surface area contributed by atoms with Crippen molar-refractivity contribution in [2.24, 2.45) is 0 Å². The second kappa shape index (κ2) is 10.1. The molecule has 0 radical (unpaired) electrons. The van der Waals surface area contributed by atoms with Crippen molar-refractivity contribution < 1.29 is 4.79 Å². The van der Waals surface area contributed by atoms with Gasteiger partial charge < -0.3 is 15.1 Å². The van der Waals surface area contributed by atoms with Gasteiger partial charge in [-0.1, -0.05) is 26.0 Å². The number of carbonyl (C=O) groups excluding carboxylic acids is 1. The molecule has 3 heterocycles. The molecule has 1 amide bonds. The highest BCUT2D eigenvalue weighted by Crippen LogP contribution is 2.27. The summed E-state index contributed by atoms with van der Waals surface area (Å²) in [4.78, 5) is 28.2. The van der Waals surface area contributed by atoms with Crippen LogP contribution in [0.1, 0.15) is 20.8 Å². The summed E-state index contributed by atoms with van der Waals surface area (Å²) in [7, 11) is 0. The molecule has 2 aromatic heterocycles. The van der Waals surface area contributed by atoms with Crippen LogP contribution < -0.4 is 10.2 Å². The Balaban J connectivity index is 1.50. The quantitative estimate of drug-likeness (QED) is 0.587. The number of carbonyl (C=O) groups is 1. The number of nitrogens with zero attached hydrogens (tertiary/aromatic N) is 6. The largest absolute Gasteiger partial charge is 0.351 e. The second-order valence-electron chi connectivity index (χ2n) is 8.21. The van der Waals surface area contributed by atoms with Gasteiger partial charge in [-0.05, 0) is 25.2 Å². The third-order valence-electron chi connectivity index (χ3n) is 6.19. The molecule has 170 valence electrons. The monoisotopic (exact) mass is 435 g/mol. The van der Waals surface area contributed by atoms with Gasteiger partial charge in [-0.3, -0.25) is 14.1 Å². The number of nitrogens with one attached hydrogen (secondary N) is 1. The van der Waals surface area contributed by atoms with E-state index in [1.165, 1.54) is 6.92 Å². The van der Waals surface area contributed by atoms with Crippen LogP contribution in [0.2, 0.25) is 0 Å². The number of aromatic nitrogens is 3. The van der Waals surface area contributed by atoms with Crippen LogP contribution in [-0.4, -0.2) is 82.4 Å². The molecule has 1 N–H and O–H groups in total. The Morgan fingerprint density at radius 1 is 1.12 bits per heavy atom. The van der Waals surface area contributed by atoms with E-state index in [4.69, 9.17) is 4.98 Å². The van der Waals surface area contributed by atoms with Crippen molar-refractivity contribution >= 4 is 23.1 Å². The number of benzene rings is 1. The number of rotatable bonds is 8. The number of imidazole rings is 1. The van der Waals surface area contributed by atoms with Gasteiger partial charge in [0.2, 0.25) is 5.91 Å². The van der Waals surface area contributed by atoms with Crippen LogP contribution in [0, 0.1) is 0 Å². The van der Waals surface area contributed by atoms with Crippen molar-refractivity contribution in [1.29, 1.82) is 0 Å². The Bertz CT molecular complexity index is 1050. The summed E-state index contributed by atoms with van der Waals surface area (Å²) in [6.45, 7) is 14.4. The number of amides is 1. The smallest absolute Gasteiger partial charge is 0.221 e. The lowest BCUT2D eigenvalue weighted by Gasteiger charge is -2.36. The Kier molecular flexibility index (Phi) is 7.02. The summed E-state index contributed by atoms with van der Waals surface area (Å²) in [5, 5.41) is 2.85. The molecule has 0 bridgehead atoms. The summed E-state index contributed by atoms with van der Waals surface area (Å²) in [6.07, 6.45) is 5.70. The fraction of sp³-hybridized carbons (Fsp3) is 0.458. The van der Waals surface area contributed by atoms with Crippen LogP contribution in [-0.2, 0) is 4.79 Å². The van der Waals surface area contributed by atoms with Crippen molar-refractivity contribution in [1.82, 2.24) is 24.2 Å². The third-order valence-corrected chi connectivity index (χ3v) is 6.19. The number of likely N-dealkylation sites (N-methyl/N-ethyl adjacent to an activating group) is 1. The van der Waals surface area contributed by atoms with Crippen molar-refractivity contribution in [3.05, 3.63) is 42.9 Å². The molecule has 1 fully saturated rings. The minimum atomic E-state index is -0.0837. The van der Waals surface area contributed by atoms with Crippen molar-refractivity contribution in [3.8, 4) is 11.3 Å². The number of hydrogen-bond acceptors (Lipinski definition) is 6. The van der Waals surface area contributed by atoms with Gasteiger partial charge in [0.1, 0.15) is 0 Å². The maximum atomic E-state index is 11.4. The molecule has 0 atom stereocenters. The normalized spacial score (nSPS) is 14.9. The van der Waals surface area contributed by atoms with Gasteiger partial charge in [0.25, 0.3) is 0 Å². The molecule has 1 aromatic carbocycles. The second-order valence-corrected chi connectivity index (χ2v) is 8.21. The van der Waals surface area contributed by atoms with E-state index in [1.807, 2.05) is 42.9 Å². The summed E-state index contributed by atoms with van der Waals surface area (Å²) >= 11 is 0. The molecule has 0 aliphatic carbocycles. The Hall–Kier alpha value is -2.97. The van der Waals surface area contributed by atoms with E-state index in [-0.39, 0.29) is 5.91 Å². The molecular formula is C24H33N7O. The molecular weight excluding hydrogens is 402 g/mol. The van der Waals surface area contributed by atoms with Gasteiger partial charge in [-0.25, -0.2) is 9.97 Å². The molecule has 0 spiro atoms. The van der Waals surface area contributed by atoms with Crippen molar-refractivity contribution in [2.75, 3.05) is 62.6 Å². The van der Waals surface area contributed by atoms with Crippen LogP contribution >= 0.6 is 0 Å². The molecule has 3 aromatic rings. The summed E-state index contributed by atoms with van der Waals surface area (Å²) in [5.74, 6) is 0.847. The fourth-order valence-electron chi connectivity index (χ4n) is 4.31. The van der Waals surface area contributed by atoms with E-state index in [1.54, 1.807) is 0 Å². The Morgan fingerprint density at radius 3 is 2.62 bits per heavy atom. The average Bonchev–Trinajstić information content (AvgIpc) is 3.29. The Morgan fingerprint density at radius 2 is 1.91 bits per heavy atom. The van der Waals surface area contributed by atoms with Crippen LogP contribution in [0.3, 0.4) is 0 Å². The van der Waals surface area contributed by atoms with Crippen LogP contribution in [0.25, 0.3) is 16.9 Å². The molecule has 1 saturated heterocycles. The molecule has 1 aliphatic heterocycles. The highest BCUT2D eigenvalue weighted by molar-refractivity contribution is 5.89. The van der Waals surface area contributed by atoms with E-state index in [0.717, 1.165) is 80.8 Å². The first-order valence-electron chi connectivity index (χ1n) is 11.5. The van der Waals surface area contributed by atoms with E-state index >= 15 is 0 Å². The van der Waals surface area contributed by atoms with Crippen LogP contribution in [0.5, 0.6) is 0 Å². The van der Waals surface area contributed by atoms with Crippen LogP contribution in [0.4, 0.5) is 11.5 Å². The summed E-state index contributed by atoms with van der Waals surface area (Å²) < 4.78 is 2.09. The first-order valence-corrected chi connectivity index (χ1v) is 11.5. The molecule has 8 nitrogen and oxygen atoms in total. The zero-order valence-electron chi connectivity index (χ0n) is 19.3. The first kappa shape index (κ1) is 22.2. The minimum Gasteiger partial charge on any atom is -0.351 e. The lowest BCUT2D eigenvalue weighted by atomic mass is 10.1.